The maximum atomic E-state index is 11.4. The molecular weight excluding hydrogens is 240 g/mol. The molecule has 0 aliphatic rings. The van der Waals surface area contributed by atoms with Gasteiger partial charge in [0.25, 0.3) is 0 Å². The molecule has 3 N–H and O–H groups in total. The van der Waals surface area contributed by atoms with Crippen LogP contribution in [0.5, 0.6) is 0 Å². The maximum Gasteiger partial charge on any atom is 0.408 e. The highest BCUT2D eigenvalue weighted by molar-refractivity contribution is 5.84. The molecule has 0 aromatic rings. The van der Waals surface area contributed by atoms with Crippen LogP contribution in [0.15, 0.2) is 0 Å². The Morgan fingerprint density at radius 3 is 2.22 bits per heavy atom. The smallest absolute Gasteiger partial charge is 0.408 e. The van der Waals surface area contributed by atoms with Gasteiger partial charge in [-0.15, -0.1) is 0 Å². The Bertz CT molecular complexity index is 322. The van der Waals surface area contributed by atoms with Crippen molar-refractivity contribution in [2.45, 2.75) is 45.3 Å². The van der Waals surface area contributed by atoms with E-state index in [0.29, 0.717) is 0 Å². The van der Waals surface area contributed by atoms with Gasteiger partial charge in [0.1, 0.15) is 11.6 Å². The van der Waals surface area contributed by atoms with Gasteiger partial charge in [-0.2, -0.15) is 0 Å². The molecule has 0 aromatic heterocycles. The van der Waals surface area contributed by atoms with E-state index in [1.165, 1.54) is 7.11 Å². The number of hydrogen-bond donors (Lipinski definition) is 2. The summed E-state index contributed by atoms with van der Waals surface area (Å²) in [5.74, 6) is -1.21. The van der Waals surface area contributed by atoms with E-state index >= 15 is 0 Å². The molecule has 7 heteroatoms. The van der Waals surface area contributed by atoms with Crippen LogP contribution in [0.25, 0.3) is 0 Å². The normalized spacial score (nSPS) is 12.4. The monoisotopic (exact) mass is 260 g/mol. The molecule has 7 nitrogen and oxygen atoms in total. The van der Waals surface area contributed by atoms with Gasteiger partial charge in [-0.3, -0.25) is 9.59 Å². The van der Waals surface area contributed by atoms with Gasteiger partial charge in [0, 0.05) is 6.42 Å². The number of ether oxygens (including phenoxy) is 2. The first-order chi connectivity index (χ1) is 8.15. The van der Waals surface area contributed by atoms with Crippen LogP contribution in [-0.2, 0) is 19.1 Å². The van der Waals surface area contributed by atoms with E-state index in [9.17, 15) is 14.4 Å². The summed E-state index contributed by atoms with van der Waals surface area (Å²) < 4.78 is 9.41. The Labute approximate surface area is 106 Å². The van der Waals surface area contributed by atoms with Crippen LogP contribution in [0, 0.1) is 0 Å². The Balaban J connectivity index is 4.32. The van der Waals surface area contributed by atoms with Gasteiger partial charge in [0.05, 0.1) is 7.11 Å². The highest BCUT2D eigenvalue weighted by Gasteiger charge is 2.23. The van der Waals surface area contributed by atoms with Gasteiger partial charge in [-0.05, 0) is 27.2 Å². The molecule has 0 saturated heterocycles. The minimum absolute atomic E-state index is 0.0140. The third kappa shape index (κ3) is 7.48. The Morgan fingerprint density at radius 2 is 1.83 bits per heavy atom. The molecule has 0 spiro atoms. The molecule has 0 heterocycles. The van der Waals surface area contributed by atoms with E-state index in [2.05, 4.69) is 10.1 Å². The van der Waals surface area contributed by atoms with Crippen LogP contribution < -0.4 is 11.1 Å². The topological polar surface area (TPSA) is 108 Å². The molecule has 2 amide bonds. The van der Waals surface area contributed by atoms with E-state index in [1.807, 2.05) is 0 Å². The minimum Gasteiger partial charge on any atom is -0.469 e. The molecular formula is C11H20N2O5. The molecule has 0 saturated carbocycles. The van der Waals surface area contributed by atoms with Gasteiger partial charge in [-0.25, -0.2) is 4.79 Å². The molecule has 104 valence electrons. The van der Waals surface area contributed by atoms with E-state index in [0.717, 1.165) is 0 Å². The lowest BCUT2D eigenvalue weighted by Gasteiger charge is -2.22. The number of nitrogens with one attached hydrogen (secondary N) is 1. The quantitative estimate of drug-likeness (QED) is 0.692. The molecule has 0 rings (SSSR count). The lowest BCUT2D eigenvalue weighted by Crippen LogP contribution is -2.46. The number of nitrogens with two attached hydrogens (primary N) is 1. The fraction of sp³-hybridized carbons (Fsp3) is 0.727. The number of alkyl carbamates (subject to hydrolysis) is 1. The number of esters is 1. The fourth-order valence-electron chi connectivity index (χ4n) is 1.10. The van der Waals surface area contributed by atoms with E-state index in [-0.39, 0.29) is 12.8 Å². The van der Waals surface area contributed by atoms with Crippen LogP contribution >= 0.6 is 0 Å². The van der Waals surface area contributed by atoms with E-state index < -0.39 is 29.6 Å². The van der Waals surface area contributed by atoms with Crippen molar-refractivity contribution in [3.63, 3.8) is 0 Å². The third-order valence-electron chi connectivity index (χ3n) is 1.90. The average Bonchev–Trinajstić information content (AvgIpc) is 2.20. The third-order valence-corrected chi connectivity index (χ3v) is 1.90. The lowest BCUT2D eigenvalue weighted by molar-refractivity contribution is -0.140. The molecule has 0 unspecified atom stereocenters. The average molecular weight is 260 g/mol. The van der Waals surface area contributed by atoms with E-state index in [4.69, 9.17) is 10.5 Å². The lowest BCUT2D eigenvalue weighted by atomic mass is 10.1. The summed E-state index contributed by atoms with van der Waals surface area (Å²) in [5, 5.41) is 2.31. The fourth-order valence-corrected chi connectivity index (χ4v) is 1.10. The molecule has 0 aliphatic carbocycles. The highest BCUT2D eigenvalue weighted by atomic mass is 16.6. The summed E-state index contributed by atoms with van der Waals surface area (Å²) in [7, 11) is 1.24. The van der Waals surface area contributed by atoms with Gasteiger partial charge in [-0.1, -0.05) is 0 Å². The maximum absolute atomic E-state index is 11.4. The Morgan fingerprint density at radius 1 is 1.28 bits per heavy atom. The van der Waals surface area contributed by atoms with Crippen molar-refractivity contribution >= 4 is 18.0 Å². The number of carbonyl (C=O) groups is 3. The van der Waals surface area contributed by atoms with Gasteiger partial charge < -0.3 is 20.5 Å². The van der Waals surface area contributed by atoms with Crippen LogP contribution in [0.4, 0.5) is 4.79 Å². The first kappa shape index (κ1) is 16.2. The SMILES string of the molecule is COC(=O)CC[C@@H](NC(=O)OC(C)(C)C)C(N)=O. The van der Waals surface area contributed by atoms with Gasteiger partial charge >= 0.3 is 12.1 Å². The molecule has 18 heavy (non-hydrogen) atoms. The first-order valence-corrected chi connectivity index (χ1v) is 5.51. The second-order valence-corrected chi connectivity index (χ2v) is 4.72. The second kappa shape index (κ2) is 6.83. The number of amides is 2. The van der Waals surface area contributed by atoms with Crippen molar-refractivity contribution < 1.29 is 23.9 Å². The van der Waals surface area contributed by atoms with Crippen LogP contribution in [0.1, 0.15) is 33.6 Å². The number of rotatable bonds is 5. The number of carbonyl (C=O) groups excluding carboxylic acids is 3. The van der Waals surface area contributed by atoms with Crippen molar-refractivity contribution in [1.29, 1.82) is 0 Å². The zero-order chi connectivity index (χ0) is 14.3. The molecule has 0 radical (unpaired) electrons. The van der Waals surface area contributed by atoms with Gasteiger partial charge in [0.15, 0.2) is 0 Å². The molecule has 0 bridgehead atoms. The summed E-state index contributed by atoms with van der Waals surface area (Å²) in [6.45, 7) is 5.08. The molecule has 1 atom stereocenters. The minimum atomic E-state index is -0.959. The van der Waals surface area contributed by atoms with Crippen molar-refractivity contribution in [3.8, 4) is 0 Å². The summed E-state index contributed by atoms with van der Waals surface area (Å²) in [6.07, 6.45) is -0.697. The van der Waals surface area contributed by atoms with Crippen molar-refractivity contribution in [2.24, 2.45) is 5.73 Å². The van der Waals surface area contributed by atoms with Crippen LogP contribution in [-0.4, -0.2) is 36.7 Å². The Hall–Kier alpha value is -1.79. The predicted octanol–water partition coefficient (Wildman–Crippen LogP) is 0.318. The zero-order valence-electron chi connectivity index (χ0n) is 11.1. The molecule has 0 aliphatic heterocycles. The van der Waals surface area contributed by atoms with Crippen LogP contribution in [0.2, 0.25) is 0 Å². The summed E-state index contributed by atoms with van der Waals surface area (Å²) in [6, 6.07) is -0.959. The van der Waals surface area contributed by atoms with Crippen molar-refractivity contribution in [2.75, 3.05) is 7.11 Å². The summed E-state index contributed by atoms with van der Waals surface area (Å²) in [4.78, 5) is 33.5. The molecule has 0 fully saturated rings. The predicted molar refractivity (Wildman–Crippen MR) is 63.6 cm³/mol. The standard InChI is InChI=1S/C11H20N2O5/c1-11(2,3)18-10(16)13-7(9(12)15)5-6-8(14)17-4/h7H,5-6H2,1-4H3,(H2,12,15)(H,13,16)/t7-/m1/s1. The summed E-state index contributed by atoms with van der Waals surface area (Å²) >= 11 is 0. The first-order valence-electron chi connectivity index (χ1n) is 5.51. The Kier molecular flexibility index (Phi) is 6.15. The number of primary amides is 1. The second-order valence-electron chi connectivity index (χ2n) is 4.72. The zero-order valence-corrected chi connectivity index (χ0v) is 11.1. The van der Waals surface area contributed by atoms with E-state index in [1.54, 1.807) is 20.8 Å². The van der Waals surface area contributed by atoms with Crippen LogP contribution in [0.3, 0.4) is 0 Å². The van der Waals surface area contributed by atoms with Gasteiger partial charge in [0.2, 0.25) is 5.91 Å². The number of methoxy groups -OCH3 is 1. The molecule has 0 aromatic carbocycles. The number of hydrogen-bond acceptors (Lipinski definition) is 5. The largest absolute Gasteiger partial charge is 0.469 e. The highest BCUT2D eigenvalue weighted by Crippen LogP contribution is 2.07. The van der Waals surface area contributed by atoms with Crippen molar-refractivity contribution in [1.82, 2.24) is 5.32 Å². The van der Waals surface area contributed by atoms with Crippen molar-refractivity contribution in [3.05, 3.63) is 0 Å². The summed E-state index contributed by atoms with van der Waals surface area (Å²) in [5.41, 5.74) is 4.44.